The molecule has 2 saturated heterocycles. The van der Waals surface area contributed by atoms with Gasteiger partial charge in [-0.1, -0.05) is 6.07 Å². The Balaban J connectivity index is 1.60. The largest absolute Gasteiger partial charge is 0.394 e. The van der Waals surface area contributed by atoms with Gasteiger partial charge >= 0.3 is 12.2 Å². The molecule has 208 valence electrons. The fourth-order valence-corrected chi connectivity index (χ4v) is 4.74. The molecule has 2 aliphatic rings. The number of anilines is 3. The topological polar surface area (TPSA) is 90.0 Å². The monoisotopic (exact) mass is 539 g/mol. The number of halogens is 4. The van der Waals surface area contributed by atoms with Crippen molar-refractivity contribution in [1.29, 1.82) is 0 Å². The van der Waals surface area contributed by atoms with Crippen LogP contribution >= 0.6 is 0 Å². The van der Waals surface area contributed by atoms with Gasteiger partial charge in [0.2, 0.25) is 0 Å². The Kier molecular flexibility index (Phi) is 8.61. The van der Waals surface area contributed by atoms with Gasteiger partial charge in [-0.3, -0.25) is 0 Å². The van der Waals surface area contributed by atoms with E-state index in [1.165, 1.54) is 4.90 Å². The molecule has 0 saturated carbocycles. The average Bonchev–Trinajstić information content (AvgIpc) is 3.34. The van der Waals surface area contributed by atoms with Crippen molar-refractivity contribution in [2.75, 3.05) is 61.5 Å². The van der Waals surface area contributed by atoms with E-state index in [1.807, 2.05) is 11.8 Å². The highest BCUT2D eigenvalue weighted by Crippen LogP contribution is 2.35. The van der Waals surface area contributed by atoms with Crippen LogP contribution < -0.4 is 15.5 Å². The molecule has 0 spiro atoms. The lowest BCUT2D eigenvalue weighted by atomic mass is 9.99. The summed E-state index contributed by atoms with van der Waals surface area (Å²) < 4.78 is 59.4. The number of aryl methyl sites for hydroxylation is 1. The molecule has 3 heterocycles. The average molecular weight is 540 g/mol. The van der Waals surface area contributed by atoms with Crippen LogP contribution in [0.1, 0.15) is 25.3 Å². The Morgan fingerprint density at radius 2 is 1.95 bits per heavy atom. The van der Waals surface area contributed by atoms with Crippen LogP contribution in [0.2, 0.25) is 0 Å². The van der Waals surface area contributed by atoms with Crippen molar-refractivity contribution in [3.05, 3.63) is 35.6 Å². The highest BCUT2D eigenvalue weighted by Gasteiger charge is 2.36. The van der Waals surface area contributed by atoms with Gasteiger partial charge in [0.1, 0.15) is 5.82 Å². The van der Waals surface area contributed by atoms with E-state index in [1.54, 1.807) is 31.2 Å². The Morgan fingerprint density at radius 1 is 1.21 bits per heavy atom. The van der Waals surface area contributed by atoms with E-state index >= 15 is 4.39 Å². The van der Waals surface area contributed by atoms with E-state index in [2.05, 4.69) is 15.6 Å². The number of aliphatic hydroxyl groups is 1. The van der Waals surface area contributed by atoms with Gasteiger partial charge in [-0.05, 0) is 55.5 Å². The SMILES string of the molecule is Cc1ccc(NC(=O)N2CC[C@@H](CC(F)(F)F)C2)cc1-c1cc(N2CCOCC2)nc(NC(C)CO)c1F. The number of likely N-dealkylation sites (tertiary alicyclic amines) is 1. The number of carbonyl (C=O) groups excluding carboxylic acids is 1. The lowest BCUT2D eigenvalue weighted by molar-refractivity contribution is -0.143. The summed E-state index contributed by atoms with van der Waals surface area (Å²) in [5.74, 6) is -0.652. The van der Waals surface area contributed by atoms with Crippen LogP contribution in [0.4, 0.5) is 39.7 Å². The van der Waals surface area contributed by atoms with Crippen LogP contribution in [0.15, 0.2) is 24.3 Å². The summed E-state index contributed by atoms with van der Waals surface area (Å²) in [7, 11) is 0. The number of hydrogen-bond acceptors (Lipinski definition) is 6. The van der Waals surface area contributed by atoms with E-state index in [0.717, 1.165) is 5.56 Å². The highest BCUT2D eigenvalue weighted by molar-refractivity contribution is 5.91. The minimum absolute atomic E-state index is 0.00662. The molecule has 2 amide bonds. The molecule has 4 rings (SSSR count). The van der Waals surface area contributed by atoms with E-state index in [9.17, 15) is 23.1 Å². The minimum atomic E-state index is -4.26. The summed E-state index contributed by atoms with van der Waals surface area (Å²) in [6.45, 7) is 5.81. The molecule has 2 aromatic rings. The third-order valence-electron chi connectivity index (χ3n) is 6.81. The molecule has 0 radical (unpaired) electrons. The number of nitrogens with zero attached hydrogens (tertiary/aromatic N) is 3. The third-order valence-corrected chi connectivity index (χ3v) is 6.81. The van der Waals surface area contributed by atoms with Crippen LogP contribution in [0.3, 0.4) is 0 Å². The predicted molar refractivity (Wildman–Crippen MR) is 137 cm³/mol. The van der Waals surface area contributed by atoms with Gasteiger partial charge in [0.25, 0.3) is 0 Å². The van der Waals surface area contributed by atoms with Crippen LogP contribution in [0.25, 0.3) is 11.1 Å². The molecule has 38 heavy (non-hydrogen) atoms. The Bertz CT molecular complexity index is 1140. The molecular formula is C26H33F4N5O3. The highest BCUT2D eigenvalue weighted by atomic mass is 19.4. The van der Waals surface area contributed by atoms with E-state index in [0.29, 0.717) is 49.8 Å². The zero-order chi connectivity index (χ0) is 27.4. The summed E-state index contributed by atoms with van der Waals surface area (Å²) in [6.07, 6.45) is -4.88. The number of ether oxygens (including phenoxy) is 1. The second-order valence-corrected chi connectivity index (χ2v) is 9.90. The number of pyridine rings is 1. The molecule has 1 aromatic carbocycles. The van der Waals surface area contributed by atoms with Crippen LogP contribution in [0.5, 0.6) is 0 Å². The van der Waals surface area contributed by atoms with Crippen LogP contribution in [-0.2, 0) is 4.74 Å². The fraction of sp³-hybridized carbons (Fsp3) is 0.538. The van der Waals surface area contributed by atoms with Crippen molar-refractivity contribution in [3.8, 4) is 11.1 Å². The third kappa shape index (κ3) is 6.84. The number of aliphatic hydroxyl groups excluding tert-OH is 1. The maximum atomic E-state index is 15.8. The lowest BCUT2D eigenvalue weighted by Gasteiger charge is -2.29. The number of rotatable bonds is 7. The molecule has 2 fully saturated rings. The van der Waals surface area contributed by atoms with Crippen molar-refractivity contribution in [3.63, 3.8) is 0 Å². The maximum absolute atomic E-state index is 15.8. The molecule has 0 aliphatic carbocycles. The van der Waals surface area contributed by atoms with Gasteiger partial charge < -0.3 is 30.3 Å². The van der Waals surface area contributed by atoms with Gasteiger partial charge in [-0.2, -0.15) is 13.2 Å². The van der Waals surface area contributed by atoms with Gasteiger partial charge in [0.05, 0.1) is 19.8 Å². The number of urea groups is 1. The molecule has 12 heteroatoms. The molecule has 2 atom stereocenters. The first kappa shape index (κ1) is 27.9. The summed E-state index contributed by atoms with van der Waals surface area (Å²) in [5.41, 5.74) is 1.97. The number of carbonyl (C=O) groups is 1. The Morgan fingerprint density at radius 3 is 2.63 bits per heavy atom. The molecule has 3 N–H and O–H groups in total. The fourth-order valence-electron chi connectivity index (χ4n) is 4.74. The molecule has 1 aromatic heterocycles. The zero-order valence-corrected chi connectivity index (χ0v) is 21.4. The molecule has 0 bridgehead atoms. The first-order chi connectivity index (χ1) is 18.0. The van der Waals surface area contributed by atoms with Crippen molar-refractivity contribution < 1.29 is 32.2 Å². The normalized spacial score (nSPS) is 19.0. The summed E-state index contributed by atoms with van der Waals surface area (Å²) in [5, 5.41) is 15.2. The zero-order valence-electron chi connectivity index (χ0n) is 21.4. The maximum Gasteiger partial charge on any atom is 0.389 e. The second-order valence-electron chi connectivity index (χ2n) is 9.90. The first-order valence-corrected chi connectivity index (χ1v) is 12.7. The molecule has 2 aliphatic heterocycles. The van der Waals surface area contributed by atoms with E-state index in [4.69, 9.17) is 4.74 Å². The number of nitrogens with one attached hydrogen (secondary N) is 2. The van der Waals surface area contributed by atoms with Gasteiger partial charge in [0, 0.05) is 49.9 Å². The van der Waals surface area contributed by atoms with E-state index in [-0.39, 0.29) is 31.1 Å². The second kappa shape index (κ2) is 11.7. The van der Waals surface area contributed by atoms with Gasteiger partial charge in [0.15, 0.2) is 11.6 Å². The number of aromatic nitrogens is 1. The minimum Gasteiger partial charge on any atom is -0.394 e. The number of morpholine rings is 1. The van der Waals surface area contributed by atoms with Crippen molar-refractivity contribution in [1.82, 2.24) is 9.88 Å². The number of hydrogen-bond donors (Lipinski definition) is 3. The van der Waals surface area contributed by atoms with Crippen LogP contribution in [-0.4, -0.2) is 79.2 Å². The first-order valence-electron chi connectivity index (χ1n) is 12.7. The van der Waals surface area contributed by atoms with Crippen molar-refractivity contribution in [2.24, 2.45) is 5.92 Å². The molecular weight excluding hydrogens is 506 g/mol. The standard InChI is InChI=1S/C26H33F4N5O3/c1-16-3-4-19(32-25(37)35-6-5-18(14-35)13-26(28,29)30)11-20(16)21-12-22(34-7-9-38-10-8-34)33-24(23(21)27)31-17(2)15-36/h3-4,11-12,17-18,36H,5-10,13-15H2,1-2H3,(H,31,33)(H,32,37)/t17?,18-/m0/s1. The van der Waals surface area contributed by atoms with Crippen molar-refractivity contribution >= 4 is 23.4 Å². The molecule has 8 nitrogen and oxygen atoms in total. The number of alkyl halides is 3. The summed E-state index contributed by atoms with van der Waals surface area (Å²) in [4.78, 5) is 20.6. The number of benzene rings is 1. The number of amides is 2. The quantitative estimate of drug-likeness (QED) is 0.445. The van der Waals surface area contributed by atoms with E-state index < -0.39 is 36.4 Å². The van der Waals surface area contributed by atoms with Gasteiger partial charge in [-0.15, -0.1) is 0 Å². The van der Waals surface area contributed by atoms with Crippen LogP contribution in [0, 0.1) is 18.7 Å². The summed E-state index contributed by atoms with van der Waals surface area (Å²) in [6, 6.07) is 5.81. The Hall–Kier alpha value is -3.12. The Labute approximate surface area is 219 Å². The molecule has 1 unspecified atom stereocenters. The summed E-state index contributed by atoms with van der Waals surface area (Å²) >= 11 is 0. The lowest BCUT2D eigenvalue weighted by Crippen LogP contribution is -2.37. The smallest absolute Gasteiger partial charge is 0.389 e. The van der Waals surface area contributed by atoms with Gasteiger partial charge in [-0.25, -0.2) is 14.2 Å². The van der Waals surface area contributed by atoms with Crippen molar-refractivity contribution in [2.45, 2.75) is 38.9 Å². The predicted octanol–water partition coefficient (Wildman–Crippen LogP) is 4.63.